The molecule has 0 unspecified atom stereocenters. The predicted molar refractivity (Wildman–Crippen MR) is 59.5 cm³/mol. The van der Waals surface area contributed by atoms with Crippen molar-refractivity contribution in [2.75, 3.05) is 0 Å². The van der Waals surface area contributed by atoms with Crippen molar-refractivity contribution in [1.29, 1.82) is 5.41 Å². The minimum Gasteiger partial charge on any atom is -0.384 e. The fourth-order valence-corrected chi connectivity index (χ4v) is 1.47. The molecule has 0 amide bonds. The number of hydrogen-bond acceptors (Lipinski definition) is 2. The number of benzene rings is 1. The monoisotopic (exact) mass is 272 g/mol. The van der Waals surface area contributed by atoms with E-state index in [1.54, 1.807) is 0 Å². The molecule has 0 fully saturated rings. The summed E-state index contributed by atoms with van der Waals surface area (Å²) < 4.78 is 51.6. The molecule has 0 bridgehead atoms. The molecular formula is C11H8F4N4. The summed E-state index contributed by atoms with van der Waals surface area (Å²) in [5.74, 6) is -1.15. The van der Waals surface area contributed by atoms with Crippen molar-refractivity contribution in [2.45, 2.75) is 6.18 Å². The lowest BCUT2D eigenvalue weighted by atomic mass is 10.2. The molecule has 0 radical (unpaired) electrons. The first-order valence-corrected chi connectivity index (χ1v) is 5.06. The summed E-state index contributed by atoms with van der Waals surface area (Å²) in [6.07, 6.45) is -3.57. The Morgan fingerprint density at radius 2 is 1.95 bits per heavy atom. The third-order valence-electron chi connectivity index (χ3n) is 2.39. The van der Waals surface area contributed by atoms with E-state index in [2.05, 4.69) is 5.10 Å². The van der Waals surface area contributed by atoms with Gasteiger partial charge in [-0.05, 0) is 24.3 Å². The fraction of sp³-hybridized carbons (Fsp3) is 0.0909. The van der Waals surface area contributed by atoms with Crippen molar-refractivity contribution in [3.05, 3.63) is 47.5 Å². The Morgan fingerprint density at radius 3 is 2.42 bits per heavy atom. The number of hydrogen-bond donors (Lipinski definition) is 2. The highest BCUT2D eigenvalue weighted by molar-refractivity contribution is 5.95. The van der Waals surface area contributed by atoms with E-state index in [9.17, 15) is 17.6 Å². The molecule has 2 aromatic rings. The third-order valence-corrected chi connectivity index (χ3v) is 2.39. The van der Waals surface area contributed by atoms with Crippen LogP contribution in [-0.4, -0.2) is 15.6 Å². The molecule has 100 valence electrons. The minimum absolute atomic E-state index is 0.143. The largest absolute Gasteiger partial charge is 0.435 e. The SMILES string of the molecule is N=C(N)c1ccc(-n2ccc(C(F)(F)F)n2)c(F)c1. The molecule has 0 saturated heterocycles. The van der Waals surface area contributed by atoms with Crippen molar-refractivity contribution in [1.82, 2.24) is 9.78 Å². The zero-order chi connectivity index (χ0) is 14.2. The van der Waals surface area contributed by atoms with Crippen molar-refractivity contribution in [3.8, 4) is 5.69 Å². The first-order valence-electron chi connectivity index (χ1n) is 5.06. The van der Waals surface area contributed by atoms with Gasteiger partial charge < -0.3 is 5.73 Å². The molecule has 0 aliphatic carbocycles. The summed E-state index contributed by atoms with van der Waals surface area (Å²) in [7, 11) is 0. The van der Waals surface area contributed by atoms with E-state index < -0.39 is 17.7 Å². The maximum absolute atomic E-state index is 13.7. The molecule has 1 heterocycles. The Morgan fingerprint density at radius 1 is 1.26 bits per heavy atom. The standard InChI is InChI=1S/C11H8F4N4/c12-7-5-6(10(16)17)1-2-8(7)19-4-3-9(18-19)11(13,14)15/h1-5H,(H3,16,17). The van der Waals surface area contributed by atoms with Gasteiger partial charge in [-0.25, -0.2) is 9.07 Å². The van der Waals surface area contributed by atoms with Gasteiger partial charge in [-0.1, -0.05) is 0 Å². The Labute approximate surface area is 105 Å². The molecule has 8 heteroatoms. The average Bonchev–Trinajstić information content (AvgIpc) is 2.77. The van der Waals surface area contributed by atoms with E-state index in [1.807, 2.05) is 0 Å². The summed E-state index contributed by atoms with van der Waals surface area (Å²) in [6, 6.07) is 4.25. The Hall–Kier alpha value is -2.38. The van der Waals surface area contributed by atoms with Crippen LogP contribution in [-0.2, 0) is 6.18 Å². The van der Waals surface area contributed by atoms with Gasteiger partial charge in [-0.2, -0.15) is 18.3 Å². The normalized spacial score (nSPS) is 11.6. The average molecular weight is 272 g/mol. The highest BCUT2D eigenvalue weighted by Gasteiger charge is 2.33. The second kappa shape index (κ2) is 4.38. The highest BCUT2D eigenvalue weighted by Crippen LogP contribution is 2.28. The predicted octanol–water partition coefficient (Wildman–Crippen LogP) is 2.31. The molecule has 0 aliphatic heterocycles. The van der Waals surface area contributed by atoms with Crippen LogP contribution in [0.15, 0.2) is 30.5 Å². The number of nitrogens with zero attached hydrogens (tertiary/aromatic N) is 2. The molecule has 3 N–H and O–H groups in total. The first kappa shape index (κ1) is 13.1. The van der Waals surface area contributed by atoms with Gasteiger partial charge in [0.15, 0.2) is 5.69 Å². The zero-order valence-corrected chi connectivity index (χ0v) is 9.37. The molecule has 0 saturated carbocycles. The fourth-order valence-electron chi connectivity index (χ4n) is 1.47. The van der Waals surface area contributed by atoms with Gasteiger partial charge in [0.05, 0.1) is 0 Å². The van der Waals surface area contributed by atoms with Gasteiger partial charge in [0.2, 0.25) is 0 Å². The molecule has 4 nitrogen and oxygen atoms in total. The third kappa shape index (κ3) is 2.56. The Balaban J connectivity index is 2.43. The van der Waals surface area contributed by atoms with Gasteiger partial charge >= 0.3 is 6.18 Å². The summed E-state index contributed by atoms with van der Waals surface area (Å²) in [5.41, 5.74) is 4.06. The topological polar surface area (TPSA) is 67.7 Å². The van der Waals surface area contributed by atoms with E-state index >= 15 is 0 Å². The van der Waals surface area contributed by atoms with Crippen LogP contribution < -0.4 is 5.73 Å². The van der Waals surface area contributed by atoms with Gasteiger partial charge in [0, 0.05) is 11.8 Å². The summed E-state index contributed by atoms with van der Waals surface area (Å²) in [5, 5.41) is 10.4. The molecule has 19 heavy (non-hydrogen) atoms. The number of alkyl halides is 3. The number of nitrogens with one attached hydrogen (secondary N) is 1. The number of nitrogens with two attached hydrogens (primary N) is 1. The van der Waals surface area contributed by atoms with Crippen LogP contribution in [0.25, 0.3) is 5.69 Å². The summed E-state index contributed by atoms with van der Waals surface area (Å²) >= 11 is 0. The number of nitrogen functional groups attached to an aromatic ring is 1. The van der Waals surface area contributed by atoms with Crippen LogP contribution in [0.5, 0.6) is 0 Å². The lowest BCUT2D eigenvalue weighted by Gasteiger charge is -2.06. The second-order valence-corrected chi connectivity index (χ2v) is 3.72. The lowest BCUT2D eigenvalue weighted by Crippen LogP contribution is -2.12. The van der Waals surface area contributed by atoms with Crippen molar-refractivity contribution >= 4 is 5.84 Å². The minimum atomic E-state index is -4.58. The molecule has 1 aromatic heterocycles. The number of halogens is 4. The molecular weight excluding hydrogens is 264 g/mol. The van der Waals surface area contributed by atoms with Crippen LogP contribution in [0.4, 0.5) is 17.6 Å². The van der Waals surface area contributed by atoms with Crippen molar-refractivity contribution in [2.24, 2.45) is 5.73 Å². The van der Waals surface area contributed by atoms with Crippen molar-refractivity contribution < 1.29 is 17.6 Å². The number of amidine groups is 1. The maximum atomic E-state index is 13.7. The van der Waals surface area contributed by atoms with E-state index in [0.717, 1.165) is 23.0 Å². The number of aromatic nitrogens is 2. The zero-order valence-electron chi connectivity index (χ0n) is 9.37. The lowest BCUT2D eigenvalue weighted by molar-refractivity contribution is -0.141. The van der Waals surface area contributed by atoms with Crippen LogP contribution in [0.2, 0.25) is 0 Å². The van der Waals surface area contributed by atoms with Crippen LogP contribution in [0.3, 0.4) is 0 Å². The van der Waals surface area contributed by atoms with Gasteiger partial charge in [-0.3, -0.25) is 5.41 Å². The van der Waals surface area contributed by atoms with Gasteiger partial charge in [0.25, 0.3) is 0 Å². The summed E-state index contributed by atoms with van der Waals surface area (Å²) in [6.45, 7) is 0. The molecule has 0 aliphatic rings. The maximum Gasteiger partial charge on any atom is 0.435 e. The summed E-state index contributed by atoms with van der Waals surface area (Å²) in [4.78, 5) is 0. The first-order chi connectivity index (χ1) is 8.79. The Kier molecular flexibility index (Phi) is 3.01. The van der Waals surface area contributed by atoms with E-state index in [0.29, 0.717) is 0 Å². The van der Waals surface area contributed by atoms with Crippen LogP contribution in [0.1, 0.15) is 11.3 Å². The van der Waals surface area contributed by atoms with Crippen molar-refractivity contribution in [3.63, 3.8) is 0 Å². The quantitative estimate of drug-likeness (QED) is 0.500. The highest BCUT2D eigenvalue weighted by atomic mass is 19.4. The second-order valence-electron chi connectivity index (χ2n) is 3.72. The molecule has 2 rings (SSSR count). The Bertz CT molecular complexity index is 630. The van der Waals surface area contributed by atoms with Crippen LogP contribution in [0, 0.1) is 11.2 Å². The van der Waals surface area contributed by atoms with E-state index in [1.165, 1.54) is 12.1 Å². The van der Waals surface area contributed by atoms with Gasteiger partial charge in [-0.15, -0.1) is 0 Å². The van der Waals surface area contributed by atoms with Crippen LogP contribution >= 0.6 is 0 Å². The van der Waals surface area contributed by atoms with E-state index in [-0.39, 0.29) is 17.1 Å². The van der Waals surface area contributed by atoms with E-state index in [4.69, 9.17) is 11.1 Å². The molecule has 0 atom stereocenters. The molecule has 1 aromatic carbocycles. The smallest absolute Gasteiger partial charge is 0.384 e. The molecule has 0 spiro atoms. The number of rotatable bonds is 2. The van der Waals surface area contributed by atoms with Gasteiger partial charge in [0.1, 0.15) is 17.3 Å².